The predicted octanol–water partition coefficient (Wildman–Crippen LogP) is 0.426. The van der Waals surface area contributed by atoms with Crippen molar-refractivity contribution in [1.29, 1.82) is 0 Å². The molecule has 0 aromatic rings. The third-order valence-corrected chi connectivity index (χ3v) is 8.98. The Balaban J connectivity index is 1.42. The molecule has 0 aliphatic carbocycles. The predicted molar refractivity (Wildman–Crippen MR) is 128 cm³/mol. The third-order valence-electron chi connectivity index (χ3n) is 7.47. The molecule has 7 atom stereocenters. The number of amides is 2. The van der Waals surface area contributed by atoms with E-state index in [9.17, 15) is 24.3 Å². The summed E-state index contributed by atoms with van der Waals surface area (Å²) in [5, 5.41) is 13.2. The number of nitrogens with two attached hydrogens (primary N) is 1. The number of aliphatic imine (C=N–C) groups is 1. The van der Waals surface area contributed by atoms with Crippen LogP contribution in [-0.4, -0.2) is 87.8 Å². The number of hydrogen-bond acceptors (Lipinski definition) is 7. The van der Waals surface area contributed by atoms with E-state index in [0.717, 1.165) is 6.42 Å². The number of fused-ring (bicyclic) bond motifs is 1. The largest absolute Gasteiger partial charge is 0.477 e. The normalized spacial score (nSPS) is 34.0. The summed E-state index contributed by atoms with van der Waals surface area (Å²) >= 11 is 1.47. The number of aliphatic carboxylic acids is 1. The fourth-order valence-corrected chi connectivity index (χ4v) is 7.39. The molecule has 4 aliphatic rings. The summed E-state index contributed by atoms with van der Waals surface area (Å²) in [5.41, 5.74) is 5.44. The second-order valence-corrected chi connectivity index (χ2v) is 11.2. The molecule has 186 valence electrons. The molecule has 3 saturated heterocycles. The summed E-state index contributed by atoms with van der Waals surface area (Å²) in [4.78, 5) is 57.7. The summed E-state index contributed by atoms with van der Waals surface area (Å²) in [6.07, 6.45) is 2.99. The first-order valence-electron chi connectivity index (χ1n) is 11.9. The first-order valence-corrected chi connectivity index (χ1v) is 12.7. The molecule has 0 radical (unpaired) electrons. The van der Waals surface area contributed by atoms with Crippen LogP contribution in [0.3, 0.4) is 0 Å². The number of Topliss-reactive ketones (excluding diaryl/α,β-unsaturated/α-hetero) is 1. The molecule has 4 rings (SSSR count). The van der Waals surface area contributed by atoms with Gasteiger partial charge >= 0.3 is 5.97 Å². The van der Waals surface area contributed by atoms with Gasteiger partial charge in [0.05, 0.1) is 30.4 Å². The summed E-state index contributed by atoms with van der Waals surface area (Å²) in [6, 6.07) is -0.499. The number of nitrogens with zero attached hydrogens (tertiary/aromatic N) is 3. The van der Waals surface area contributed by atoms with Crippen LogP contribution in [0.1, 0.15) is 40.0 Å². The maximum Gasteiger partial charge on any atom is 0.353 e. The minimum absolute atomic E-state index is 0.0253. The Kier molecular flexibility index (Phi) is 7.04. The van der Waals surface area contributed by atoms with Crippen LogP contribution in [0.5, 0.6) is 0 Å². The summed E-state index contributed by atoms with van der Waals surface area (Å²) in [5.74, 6) is -1.85. The number of β-lactam (4-membered cyclic amide) rings is 1. The molecule has 34 heavy (non-hydrogen) atoms. The van der Waals surface area contributed by atoms with Crippen LogP contribution in [0.25, 0.3) is 0 Å². The average Bonchev–Trinajstić information content (AvgIpc) is 3.46. The van der Waals surface area contributed by atoms with E-state index in [2.05, 4.69) is 10.3 Å². The van der Waals surface area contributed by atoms with Gasteiger partial charge in [-0.2, -0.15) is 0 Å². The molecule has 0 aromatic carbocycles. The van der Waals surface area contributed by atoms with Crippen molar-refractivity contribution in [3.8, 4) is 0 Å². The number of nitrogens with one attached hydrogen (secondary N) is 1. The Bertz CT molecular complexity index is 952. The number of thioether (sulfide) groups is 1. The third kappa shape index (κ3) is 4.35. The van der Waals surface area contributed by atoms with Crippen molar-refractivity contribution in [2.24, 2.45) is 28.5 Å². The zero-order chi connectivity index (χ0) is 24.7. The molecule has 3 fully saturated rings. The smallest absolute Gasteiger partial charge is 0.353 e. The van der Waals surface area contributed by atoms with Gasteiger partial charge in [0.25, 0.3) is 0 Å². The van der Waals surface area contributed by atoms with Crippen molar-refractivity contribution >= 4 is 41.7 Å². The zero-order valence-corrected chi connectivity index (χ0v) is 20.6. The maximum atomic E-state index is 13.0. The van der Waals surface area contributed by atoms with Crippen molar-refractivity contribution in [1.82, 2.24) is 15.1 Å². The van der Waals surface area contributed by atoms with Crippen molar-refractivity contribution in [3.63, 3.8) is 0 Å². The summed E-state index contributed by atoms with van der Waals surface area (Å²) < 4.78 is 0. The number of ketones is 1. The van der Waals surface area contributed by atoms with Gasteiger partial charge in [0.1, 0.15) is 11.5 Å². The highest BCUT2D eigenvalue weighted by atomic mass is 32.2. The minimum Gasteiger partial charge on any atom is -0.477 e. The summed E-state index contributed by atoms with van der Waals surface area (Å²) in [6.45, 7) is 7.16. The van der Waals surface area contributed by atoms with Crippen molar-refractivity contribution in [3.05, 3.63) is 10.6 Å². The number of carboxylic acids is 1. The molecule has 0 bridgehead atoms. The van der Waals surface area contributed by atoms with Gasteiger partial charge in [-0.05, 0) is 25.7 Å². The van der Waals surface area contributed by atoms with E-state index in [-0.39, 0.29) is 64.4 Å². The second kappa shape index (κ2) is 9.69. The van der Waals surface area contributed by atoms with Crippen LogP contribution < -0.4 is 11.1 Å². The van der Waals surface area contributed by atoms with Gasteiger partial charge in [0.15, 0.2) is 0 Å². The Morgan fingerprint density at radius 1 is 1.38 bits per heavy atom. The first kappa shape index (κ1) is 24.7. The van der Waals surface area contributed by atoms with E-state index in [1.807, 2.05) is 18.7 Å². The first-order chi connectivity index (χ1) is 16.1. The molecule has 4 heterocycles. The van der Waals surface area contributed by atoms with Crippen LogP contribution in [0.2, 0.25) is 0 Å². The highest BCUT2D eigenvalue weighted by molar-refractivity contribution is 8.03. The molecule has 0 saturated carbocycles. The van der Waals surface area contributed by atoms with Crippen LogP contribution in [0.15, 0.2) is 15.6 Å². The van der Waals surface area contributed by atoms with Gasteiger partial charge in [0, 0.05) is 42.1 Å². The lowest BCUT2D eigenvalue weighted by atomic mass is 9.73. The maximum absolute atomic E-state index is 13.0. The van der Waals surface area contributed by atoms with Crippen molar-refractivity contribution in [2.75, 3.05) is 19.6 Å². The lowest BCUT2D eigenvalue weighted by molar-refractivity contribution is -0.160. The lowest BCUT2D eigenvalue weighted by Gasteiger charge is -2.47. The van der Waals surface area contributed by atoms with Crippen LogP contribution >= 0.6 is 11.8 Å². The second-order valence-electron chi connectivity index (χ2n) is 9.88. The quantitative estimate of drug-likeness (QED) is 0.252. The molecular formula is C23H33N5O5S. The number of carbonyl (C=O) groups is 4. The number of carboxylic acid groups (broad SMARTS) is 1. The van der Waals surface area contributed by atoms with E-state index >= 15 is 0 Å². The fraction of sp³-hybridized carbons (Fsp3) is 0.696. The highest BCUT2D eigenvalue weighted by Crippen LogP contribution is 2.53. The highest BCUT2D eigenvalue weighted by Gasteiger charge is 2.60. The molecule has 4 N–H and O–H groups in total. The molecule has 11 heteroatoms. The van der Waals surface area contributed by atoms with E-state index in [1.165, 1.54) is 29.9 Å². The van der Waals surface area contributed by atoms with Gasteiger partial charge in [-0.25, -0.2) is 4.79 Å². The molecule has 0 aromatic heterocycles. The summed E-state index contributed by atoms with van der Waals surface area (Å²) in [7, 11) is 0. The average molecular weight is 492 g/mol. The van der Waals surface area contributed by atoms with Crippen LogP contribution in [-0.2, 0) is 19.2 Å². The molecule has 0 spiro atoms. The van der Waals surface area contributed by atoms with E-state index in [4.69, 9.17) is 5.73 Å². The fourth-order valence-electron chi connectivity index (χ4n) is 5.91. The monoisotopic (exact) mass is 491 g/mol. The molecular weight excluding hydrogens is 458 g/mol. The number of hydrogen-bond donors (Lipinski definition) is 3. The Morgan fingerprint density at radius 2 is 2.12 bits per heavy atom. The number of likely N-dealkylation sites (tertiary alicyclic amines) is 1. The molecule has 0 unspecified atom stereocenters. The minimum atomic E-state index is -1.11. The van der Waals surface area contributed by atoms with Crippen LogP contribution in [0, 0.1) is 17.8 Å². The molecule has 4 aliphatic heterocycles. The molecule has 2 amide bonds. The Labute approximate surface area is 203 Å². The van der Waals surface area contributed by atoms with Gasteiger partial charge < -0.3 is 30.8 Å². The lowest BCUT2D eigenvalue weighted by Crippen LogP contribution is -2.62. The Hall–Kier alpha value is -2.40. The van der Waals surface area contributed by atoms with Gasteiger partial charge in [-0.1, -0.05) is 13.8 Å². The van der Waals surface area contributed by atoms with E-state index in [0.29, 0.717) is 37.4 Å². The van der Waals surface area contributed by atoms with Gasteiger partial charge in [-0.15, -0.1) is 11.8 Å². The standard InChI is InChI=1S/C23H33N5O5S/c1-11(6-12(2)29)17-18-13(3)20(19(23(32)33)28(18)22(17)31)34-15-7-16(25-8-15)21(30)27-5-4-14(9-27)26-10-24/h10-11,13-18,25H,4-9H2,1-3H3,(H2,24,26)(H,32,33)/t11-,13+,14-,15-,16-,17+,18-/m0/s1. The van der Waals surface area contributed by atoms with Crippen molar-refractivity contribution < 1.29 is 24.3 Å². The topological polar surface area (TPSA) is 145 Å². The van der Waals surface area contributed by atoms with E-state index in [1.54, 1.807) is 0 Å². The number of carbonyl (C=O) groups excluding carboxylic acids is 3. The zero-order valence-electron chi connectivity index (χ0n) is 19.8. The number of rotatable bonds is 8. The van der Waals surface area contributed by atoms with E-state index < -0.39 is 5.97 Å². The van der Waals surface area contributed by atoms with Crippen LogP contribution in [0.4, 0.5) is 0 Å². The SMILES string of the molecule is CC(=O)C[C@H](C)[C@H]1C(=O)N2C(C(=O)O)=C(S[C@@H]3CN[C@H](C(=O)N4CC[C@H](N=CN)C4)C3)[C@H](C)[C@@H]12. The molecule has 10 nitrogen and oxygen atoms in total. The van der Waals surface area contributed by atoms with Gasteiger partial charge in [0.2, 0.25) is 11.8 Å². The van der Waals surface area contributed by atoms with Gasteiger partial charge in [-0.3, -0.25) is 14.6 Å². The Morgan fingerprint density at radius 3 is 2.76 bits per heavy atom. The van der Waals surface area contributed by atoms with Crippen molar-refractivity contribution in [2.45, 2.75) is 63.4 Å².